The van der Waals surface area contributed by atoms with Crippen LogP contribution in [0.1, 0.15) is 24.9 Å². The summed E-state index contributed by atoms with van der Waals surface area (Å²) in [5, 5.41) is 0. The lowest BCUT2D eigenvalue weighted by molar-refractivity contribution is -0.132. The molecule has 0 radical (unpaired) electrons. The lowest BCUT2D eigenvalue weighted by Gasteiger charge is -2.25. The summed E-state index contributed by atoms with van der Waals surface area (Å²) in [6, 6.07) is 4.92. The van der Waals surface area contributed by atoms with Crippen LogP contribution in [-0.4, -0.2) is 26.9 Å². The molecule has 0 unspecified atom stereocenters. The molecule has 0 saturated heterocycles. The van der Waals surface area contributed by atoms with Gasteiger partial charge in [-0.1, -0.05) is 6.07 Å². The number of hydrogen-bond acceptors (Lipinski definition) is 3. The van der Waals surface area contributed by atoms with Crippen LogP contribution in [0, 0.1) is 0 Å². The van der Waals surface area contributed by atoms with Gasteiger partial charge in [-0.05, 0) is 19.1 Å². The quantitative estimate of drug-likeness (QED) is 0.898. The van der Waals surface area contributed by atoms with Crippen molar-refractivity contribution in [2.45, 2.75) is 25.6 Å². The van der Waals surface area contributed by atoms with Crippen molar-refractivity contribution in [3.8, 4) is 5.75 Å². The van der Waals surface area contributed by atoms with Gasteiger partial charge in [0.1, 0.15) is 5.75 Å². The second kappa shape index (κ2) is 6.14. The number of anilines is 1. The van der Waals surface area contributed by atoms with Crippen LogP contribution in [0.3, 0.4) is 0 Å². The highest BCUT2D eigenvalue weighted by atomic mass is 19.4. The molecule has 0 aliphatic rings. The number of methoxy groups -OCH3 is 1. The van der Waals surface area contributed by atoms with E-state index < -0.39 is 12.6 Å². The second-order valence-electron chi connectivity index (χ2n) is 4.47. The van der Waals surface area contributed by atoms with Crippen LogP contribution in [0.2, 0.25) is 0 Å². The van der Waals surface area contributed by atoms with Crippen LogP contribution in [0.25, 0.3) is 0 Å². The Morgan fingerprint density at radius 3 is 2.47 bits per heavy atom. The van der Waals surface area contributed by atoms with E-state index in [2.05, 4.69) is 0 Å². The smallest absolute Gasteiger partial charge is 0.390 e. The van der Waals surface area contributed by atoms with Crippen molar-refractivity contribution in [1.29, 1.82) is 0 Å². The number of ether oxygens (including phenoxy) is 1. The Morgan fingerprint density at radius 1 is 1.37 bits per heavy atom. The highest BCUT2D eigenvalue weighted by Gasteiger charge is 2.28. The molecule has 0 aromatic heterocycles. The Kier molecular flexibility index (Phi) is 5.05. The van der Waals surface area contributed by atoms with E-state index in [1.54, 1.807) is 37.1 Å². The molecule has 2 N–H and O–H groups in total. The second-order valence-corrected chi connectivity index (χ2v) is 4.47. The molecule has 0 aliphatic carbocycles. The van der Waals surface area contributed by atoms with Crippen LogP contribution in [-0.2, 0) is 0 Å². The van der Waals surface area contributed by atoms with E-state index in [0.717, 1.165) is 5.56 Å². The minimum Gasteiger partial charge on any atom is -0.496 e. The number of halogens is 3. The molecular weight excluding hydrogens is 257 g/mol. The standard InChI is InChI=1S/C13H19F3N2O/c1-9(17)12-10(5-4-6-11(12)19-3)18(2)8-7-13(14,15)16/h4-6,9H,7-8,17H2,1-3H3/t9-/m1/s1. The molecule has 1 atom stereocenters. The molecule has 0 saturated carbocycles. The first-order valence-corrected chi connectivity index (χ1v) is 5.96. The Bertz CT molecular complexity index is 419. The summed E-state index contributed by atoms with van der Waals surface area (Å²) >= 11 is 0. The average molecular weight is 276 g/mol. The number of rotatable bonds is 5. The van der Waals surface area contributed by atoms with E-state index in [-0.39, 0.29) is 12.6 Å². The Hall–Kier alpha value is -1.43. The van der Waals surface area contributed by atoms with Gasteiger partial charge in [0, 0.05) is 30.9 Å². The van der Waals surface area contributed by atoms with Gasteiger partial charge < -0.3 is 15.4 Å². The van der Waals surface area contributed by atoms with Crippen molar-refractivity contribution in [2.75, 3.05) is 25.6 Å². The Balaban J connectivity index is 2.99. The fourth-order valence-corrected chi connectivity index (χ4v) is 1.92. The predicted octanol–water partition coefficient (Wildman–Crippen LogP) is 3.10. The van der Waals surface area contributed by atoms with Gasteiger partial charge in [0.25, 0.3) is 0 Å². The molecular formula is C13H19F3N2O. The topological polar surface area (TPSA) is 38.5 Å². The highest BCUT2D eigenvalue weighted by molar-refractivity contribution is 5.60. The monoisotopic (exact) mass is 276 g/mol. The lowest BCUT2D eigenvalue weighted by atomic mass is 10.0. The Morgan fingerprint density at radius 2 is 2.00 bits per heavy atom. The molecule has 0 amide bonds. The first-order valence-electron chi connectivity index (χ1n) is 5.96. The molecule has 108 valence electrons. The SMILES string of the molecule is COc1cccc(N(C)CCC(F)(F)F)c1[C@@H](C)N. The normalized spacial score (nSPS) is 13.2. The van der Waals surface area contributed by atoms with Crippen molar-refractivity contribution in [3.05, 3.63) is 23.8 Å². The van der Waals surface area contributed by atoms with Crippen LogP contribution < -0.4 is 15.4 Å². The summed E-state index contributed by atoms with van der Waals surface area (Å²) in [7, 11) is 3.13. The molecule has 1 rings (SSSR count). The van der Waals surface area contributed by atoms with Crippen LogP contribution in [0.15, 0.2) is 18.2 Å². The fourth-order valence-electron chi connectivity index (χ4n) is 1.92. The van der Waals surface area contributed by atoms with Crippen molar-refractivity contribution in [3.63, 3.8) is 0 Å². The van der Waals surface area contributed by atoms with Gasteiger partial charge in [-0.2, -0.15) is 13.2 Å². The molecule has 0 spiro atoms. The number of nitrogens with zero attached hydrogens (tertiary/aromatic N) is 1. The average Bonchev–Trinajstić information content (AvgIpc) is 2.33. The van der Waals surface area contributed by atoms with E-state index in [1.807, 2.05) is 0 Å². The number of benzene rings is 1. The van der Waals surface area contributed by atoms with Gasteiger partial charge in [0.15, 0.2) is 0 Å². The van der Waals surface area contributed by atoms with Gasteiger partial charge in [0.05, 0.1) is 13.5 Å². The van der Waals surface area contributed by atoms with Crippen molar-refractivity contribution in [2.24, 2.45) is 5.73 Å². The van der Waals surface area contributed by atoms with Crippen LogP contribution in [0.5, 0.6) is 5.75 Å². The summed E-state index contributed by atoms with van der Waals surface area (Å²) in [4.78, 5) is 1.55. The van der Waals surface area contributed by atoms with Gasteiger partial charge in [-0.25, -0.2) is 0 Å². The predicted molar refractivity (Wildman–Crippen MR) is 69.5 cm³/mol. The minimum atomic E-state index is -4.17. The third-order valence-corrected chi connectivity index (χ3v) is 2.86. The number of alkyl halides is 3. The summed E-state index contributed by atoms with van der Waals surface area (Å²) in [5.74, 6) is 0.589. The largest absolute Gasteiger partial charge is 0.496 e. The number of nitrogens with two attached hydrogens (primary N) is 1. The van der Waals surface area contributed by atoms with Crippen LogP contribution >= 0.6 is 0 Å². The van der Waals surface area contributed by atoms with Gasteiger partial charge in [0.2, 0.25) is 0 Å². The van der Waals surface area contributed by atoms with E-state index in [4.69, 9.17) is 10.5 Å². The molecule has 19 heavy (non-hydrogen) atoms. The molecule has 1 aromatic carbocycles. The third kappa shape index (κ3) is 4.31. The molecule has 3 nitrogen and oxygen atoms in total. The van der Waals surface area contributed by atoms with E-state index in [0.29, 0.717) is 11.4 Å². The first kappa shape index (κ1) is 15.6. The molecule has 1 aromatic rings. The zero-order valence-corrected chi connectivity index (χ0v) is 11.3. The van der Waals surface area contributed by atoms with E-state index >= 15 is 0 Å². The fraction of sp³-hybridized carbons (Fsp3) is 0.538. The number of hydrogen-bond donors (Lipinski definition) is 1. The van der Waals surface area contributed by atoms with Gasteiger partial charge in [-0.15, -0.1) is 0 Å². The minimum absolute atomic E-state index is 0.115. The summed E-state index contributed by atoms with van der Waals surface area (Å²) < 4.78 is 42.0. The maximum Gasteiger partial charge on any atom is 0.390 e. The lowest BCUT2D eigenvalue weighted by Crippen LogP contribution is -2.26. The molecule has 0 fully saturated rings. The molecule has 0 heterocycles. The third-order valence-electron chi connectivity index (χ3n) is 2.86. The van der Waals surface area contributed by atoms with Crippen molar-refractivity contribution >= 4 is 5.69 Å². The summed E-state index contributed by atoms with van der Waals surface area (Å²) in [5.41, 5.74) is 7.26. The highest BCUT2D eigenvalue weighted by Crippen LogP contribution is 2.33. The molecule has 0 bridgehead atoms. The van der Waals surface area contributed by atoms with Crippen molar-refractivity contribution in [1.82, 2.24) is 0 Å². The van der Waals surface area contributed by atoms with Crippen molar-refractivity contribution < 1.29 is 17.9 Å². The molecule has 6 heteroatoms. The molecule has 0 aliphatic heterocycles. The summed E-state index contributed by atoms with van der Waals surface area (Å²) in [6.07, 6.45) is -5.03. The maximum atomic E-state index is 12.3. The summed E-state index contributed by atoms with van der Waals surface area (Å²) in [6.45, 7) is 1.66. The van der Waals surface area contributed by atoms with E-state index in [9.17, 15) is 13.2 Å². The van der Waals surface area contributed by atoms with Crippen LogP contribution in [0.4, 0.5) is 18.9 Å². The van der Waals surface area contributed by atoms with Gasteiger partial charge in [-0.3, -0.25) is 0 Å². The Labute approximate surface area is 111 Å². The zero-order chi connectivity index (χ0) is 14.6. The first-order chi connectivity index (χ1) is 8.76. The maximum absolute atomic E-state index is 12.3. The zero-order valence-electron chi connectivity index (χ0n) is 11.3. The van der Waals surface area contributed by atoms with E-state index in [1.165, 1.54) is 7.11 Å². The van der Waals surface area contributed by atoms with Gasteiger partial charge >= 0.3 is 6.18 Å².